The van der Waals surface area contributed by atoms with Crippen molar-refractivity contribution in [3.05, 3.63) is 146 Å². The summed E-state index contributed by atoms with van der Waals surface area (Å²) in [5, 5.41) is 11.9. The highest BCUT2D eigenvalue weighted by Gasteiger charge is 2.21. The van der Waals surface area contributed by atoms with Gasteiger partial charge in [-0.05, 0) is 78.8 Å². The molecule has 0 saturated heterocycles. The van der Waals surface area contributed by atoms with Gasteiger partial charge in [0.15, 0.2) is 0 Å². The highest BCUT2D eigenvalue weighted by atomic mass is 16.3. The Kier molecular flexibility index (Phi) is 4.75. The van der Waals surface area contributed by atoms with E-state index in [0.717, 1.165) is 43.9 Å². The summed E-state index contributed by atoms with van der Waals surface area (Å²) in [4.78, 5) is 0. The fourth-order valence-electron chi connectivity index (χ4n) is 7.33. The second kappa shape index (κ2) is 8.82. The first kappa shape index (κ1) is 23.7. The summed E-state index contributed by atoms with van der Waals surface area (Å²) in [6, 6.07) is 52.1. The van der Waals surface area contributed by atoms with Gasteiger partial charge in [-0.2, -0.15) is 0 Å². The summed E-state index contributed by atoms with van der Waals surface area (Å²) < 4.78 is 12.7. The molecule has 0 aliphatic heterocycles. The van der Waals surface area contributed by atoms with Crippen molar-refractivity contribution in [3.63, 3.8) is 0 Å². The number of rotatable bonds is 2. The molecule has 0 N–H and O–H groups in total. The van der Waals surface area contributed by atoms with Gasteiger partial charge in [-0.1, -0.05) is 115 Å². The zero-order valence-corrected chi connectivity index (χ0v) is 23.7. The maximum Gasteiger partial charge on any atom is 0.139 e. The van der Waals surface area contributed by atoms with E-state index >= 15 is 0 Å². The molecule has 0 bridgehead atoms. The molecule has 44 heavy (non-hydrogen) atoms. The Bertz CT molecular complexity index is 2720. The Labute approximate surface area is 252 Å². The Morgan fingerprint density at radius 2 is 0.909 bits per heavy atom. The largest absolute Gasteiger partial charge is 0.456 e. The van der Waals surface area contributed by atoms with Gasteiger partial charge in [0.1, 0.15) is 22.3 Å². The number of para-hydroxylation sites is 1. The van der Waals surface area contributed by atoms with Crippen LogP contribution >= 0.6 is 0 Å². The van der Waals surface area contributed by atoms with Crippen LogP contribution in [0.3, 0.4) is 0 Å². The molecule has 0 spiro atoms. The van der Waals surface area contributed by atoms with Gasteiger partial charge in [-0.25, -0.2) is 0 Å². The predicted molar refractivity (Wildman–Crippen MR) is 184 cm³/mol. The number of benzene rings is 8. The normalized spacial score (nSPS) is 12.1. The van der Waals surface area contributed by atoms with E-state index in [1.54, 1.807) is 0 Å². The number of hydrogen-bond donors (Lipinski definition) is 0. The maximum atomic E-state index is 6.52. The fraction of sp³-hybridized carbons (Fsp3) is 0. The molecule has 0 atom stereocenters. The molecule has 8 aromatic carbocycles. The van der Waals surface area contributed by atoms with Crippen LogP contribution in [0.25, 0.3) is 98.4 Å². The number of furan rings is 2. The number of fused-ring (bicyclic) bond motifs is 9. The summed E-state index contributed by atoms with van der Waals surface area (Å²) in [5.74, 6) is 0. The lowest BCUT2D eigenvalue weighted by Crippen LogP contribution is -1.91. The standard InChI is InChI=1S/C42H24O2/c1-2-11-26-22-27(21-20-25(26)10-1)40-29-13-3-5-15-31(29)41(32-16-6-4-14-30(32)40)33-17-9-19-37-42(33)35-23-34-28-12-7-8-18-36(28)43-38(34)24-39(35)44-37/h1-24H. The van der Waals surface area contributed by atoms with E-state index in [2.05, 4.69) is 127 Å². The van der Waals surface area contributed by atoms with Gasteiger partial charge >= 0.3 is 0 Å². The van der Waals surface area contributed by atoms with Crippen LogP contribution < -0.4 is 0 Å². The monoisotopic (exact) mass is 560 g/mol. The lowest BCUT2D eigenvalue weighted by atomic mass is 9.84. The lowest BCUT2D eigenvalue weighted by molar-refractivity contribution is 0.656. The van der Waals surface area contributed by atoms with Crippen molar-refractivity contribution >= 4 is 76.2 Å². The Hall–Kier alpha value is -5.86. The minimum Gasteiger partial charge on any atom is -0.456 e. The Balaban J connectivity index is 1.34. The summed E-state index contributed by atoms with van der Waals surface area (Å²) in [5.41, 5.74) is 8.33. The van der Waals surface area contributed by atoms with Crippen molar-refractivity contribution in [2.24, 2.45) is 0 Å². The molecule has 0 amide bonds. The first-order valence-electron chi connectivity index (χ1n) is 15.0. The quantitative estimate of drug-likeness (QED) is 0.197. The van der Waals surface area contributed by atoms with Crippen LogP contribution in [0.4, 0.5) is 0 Å². The maximum absolute atomic E-state index is 6.52. The molecule has 0 fully saturated rings. The van der Waals surface area contributed by atoms with E-state index in [9.17, 15) is 0 Å². The third-order valence-electron chi connectivity index (χ3n) is 9.23. The van der Waals surface area contributed by atoms with Crippen molar-refractivity contribution in [3.8, 4) is 22.3 Å². The van der Waals surface area contributed by atoms with Gasteiger partial charge < -0.3 is 8.83 Å². The molecular weight excluding hydrogens is 536 g/mol. The van der Waals surface area contributed by atoms with Crippen molar-refractivity contribution in [1.29, 1.82) is 0 Å². The average Bonchev–Trinajstić information content (AvgIpc) is 3.63. The van der Waals surface area contributed by atoms with Crippen LogP contribution in [0.1, 0.15) is 0 Å². The van der Waals surface area contributed by atoms with Crippen molar-refractivity contribution < 1.29 is 8.83 Å². The van der Waals surface area contributed by atoms with E-state index in [-0.39, 0.29) is 0 Å². The zero-order valence-electron chi connectivity index (χ0n) is 23.7. The zero-order chi connectivity index (χ0) is 28.8. The van der Waals surface area contributed by atoms with Crippen LogP contribution in [0.5, 0.6) is 0 Å². The van der Waals surface area contributed by atoms with E-state index < -0.39 is 0 Å². The minimum absolute atomic E-state index is 0.834. The first-order chi connectivity index (χ1) is 21.8. The minimum atomic E-state index is 0.834. The molecule has 2 heteroatoms. The van der Waals surface area contributed by atoms with Crippen LogP contribution in [-0.4, -0.2) is 0 Å². The van der Waals surface area contributed by atoms with Gasteiger partial charge in [0.2, 0.25) is 0 Å². The smallest absolute Gasteiger partial charge is 0.139 e. The summed E-state index contributed by atoms with van der Waals surface area (Å²) in [7, 11) is 0. The van der Waals surface area contributed by atoms with E-state index in [1.807, 2.05) is 18.2 Å². The van der Waals surface area contributed by atoms with Gasteiger partial charge in [0, 0.05) is 27.6 Å². The second-order valence-electron chi connectivity index (χ2n) is 11.6. The average molecular weight is 561 g/mol. The topological polar surface area (TPSA) is 26.3 Å². The molecule has 0 saturated carbocycles. The molecule has 0 aliphatic carbocycles. The molecule has 0 radical (unpaired) electrons. The highest BCUT2D eigenvalue weighted by Crippen LogP contribution is 2.47. The molecule has 0 unspecified atom stereocenters. The van der Waals surface area contributed by atoms with Crippen LogP contribution in [0.15, 0.2) is 154 Å². The molecule has 2 aromatic heterocycles. The third kappa shape index (κ3) is 3.25. The summed E-state index contributed by atoms with van der Waals surface area (Å²) in [6.07, 6.45) is 0. The molecule has 0 aliphatic rings. The SMILES string of the molecule is c1ccc2cc(-c3c4ccccc4c(-c4cccc5oc6cc7oc8ccccc8c7cc6c45)c4ccccc34)ccc2c1. The van der Waals surface area contributed by atoms with Crippen LogP contribution in [0, 0.1) is 0 Å². The molecule has 2 nitrogen and oxygen atoms in total. The van der Waals surface area contributed by atoms with Crippen LogP contribution in [-0.2, 0) is 0 Å². The van der Waals surface area contributed by atoms with E-state index in [1.165, 1.54) is 54.6 Å². The molecule has 10 aromatic rings. The third-order valence-corrected chi connectivity index (χ3v) is 9.23. The van der Waals surface area contributed by atoms with Crippen molar-refractivity contribution in [2.45, 2.75) is 0 Å². The van der Waals surface area contributed by atoms with Gasteiger partial charge in [0.05, 0.1) is 0 Å². The van der Waals surface area contributed by atoms with Crippen molar-refractivity contribution in [2.75, 3.05) is 0 Å². The van der Waals surface area contributed by atoms with Gasteiger partial charge in [-0.3, -0.25) is 0 Å². The fourth-order valence-corrected chi connectivity index (χ4v) is 7.33. The summed E-state index contributed by atoms with van der Waals surface area (Å²) >= 11 is 0. The van der Waals surface area contributed by atoms with Gasteiger partial charge in [0.25, 0.3) is 0 Å². The second-order valence-corrected chi connectivity index (χ2v) is 11.6. The molecular formula is C42H24O2. The Morgan fingerprint density at radius 3 is 1.68 bits per heavy atom. The molecule has 2 heterocycles. The molecule has 10 rings (SSSR count). The molecule has 204 valence electrons. The van der Waals surface area contributed by atoms with Crippen LogP contribution in [0.2, 0.25) is 0 Å². The first-order valence-corrected chi connectivity index (χ1v) is 15.0. The van der Waals surface area contributed by atoms with Gasteiger partial charge in [-0.15, -0.1) is 0 Å². The summed E-state index contributed by atoms with van der Waals surface area (Å²) in [6.45, 7) is 0. The Morgan fingerprint density at radius 1 is 0.318 bits per heavy atom. The lowest BCUT2D eigenvalue weighted by Gasteiger charge is -2.18. The van der Waals surface area contributed by atoms with E-state index in [0.29, 0.717) is 0 Å². The predicted octanol–water partition coefficient (Wildman–Crippen LogP) is 12.3. The highest BCUT2D eigenvalue weighted by molar-refractivity contribution is 6.26. The number of hydrogen-bond acceptors (Lipinski definition) is 2. The van der Waals surface area contributed by atoms with E-state index in [4.69, 9.17) is 8.83 Å². The van der Waals surface area contributed by atoms with Crippen molar-refractivity contribution in [1.82, 2.24) is 0 Å².